The molecule has 2 heteroatoms. The molecule has 1 nitrogen and oxygen atoms in total. The van der Waals surface area contributed by atoms with Crippen LogP contribution in [0.3, 0.4) is 0 Å². The largest absolute Gasteiger partial charge is 0.256 e. The van der Waals surface area contributed by atoms with Gasteiger partial charge in [-0.3, -0.25) is 4.98 Å². The summed E-state index contributed by atoms with van der Waals surface area (Å²) in [5, 5.41) is 2.07. The van der Waals surface area contributed by atoms with E-state index in [0.717, 1.165) is 10.8 Å². The van der Waals surface area contributed by atoms with Crippen molar-refractivity contribution in [3.05, 3.63) is 48.2 Å². The maximum Gasteiger partial charge on any atom is 0.0702 e. The minimum atomic E-state index is 0.887. The molecular weight excluding hydrogens is 238 g/mol. The summed E-state index contributed by atoms with van der Waals surface area (Å²) in [6.07, 6.45) is 6.00. The van der Waals surface area contributed by atoms with E-state index in [1.165, 1.54) is 10.9 Å². The lowest BCUT2D eigenvalue weighted by molar-refractivity contribution is 1.41. The second-order valence-corrected chi connectivity index (χ2v) is 3.66. The van der Waals surface area contributed by atoms with Crippen LogP contribution in [0.15, 0.2) is 42.6 Å². The van der Waals surface area contributed by atoms with Crippen molar-refractivity contribution in [2.45, 2.75) is 0 Å². The van der Waals surface area contributed by atoms with E-state index in [0.29, 0.717) is 0 Å². The Kier molecular flexibility index (Phi) is 2.94. The van der Waals surface area contributed by atoms with Gasteiger partial charge in [0.25, 0.3) is 0 Å². The average Bonchev–Trinajstić information content (AvgIpc) is 2.26. The van der Waals surface area contributed by atoms with Crippen LogP contribution in [0, 0.1) is 0 Å². The Balaban J connectivity index is 2.46. The van der Waals surface area contributed by atoms with Gasteiger partial charge in [0.1, 0.15) is 0 Å². The molecule has 2 aromatic rings. The molecule has 0 spiro atoms. The maximum atomic E-state index is 4.27. The third kappa shape index (κ3) is 2.02. The monoisotopic (exact) mass is 247 g/mol. The van der Waals surface area contributed by atoms with E-state index in [1.807, 2.05) is 18.3 Å². The molecule has 70 valence electrons. The van der Waals surface area contributed by atoms with Crippen LogP contribution in [-0.4, -0.2) is 10.3 Å². The van der Waals surface area contributed by atoms with Crippen molar-refractivity contribution in [2.24, 2.45) is 0 Å². The Morgan fingerprint density at radius 3 is 3.07 bits per heavy atom. The zero-order chi connectivity index (χ0) is 9.80. The minimum absolute atomic E-state index is 0.887. The zero-order valence-corrected chi connectivity index (χ0v) is 9.24. The van der Waals surface area contributed by atoms with E-state index in [4.69, 9.17) is 0 Å². The number of aromatic nitrogens is 1. The number of benzene rings is 1. The predicted molar refractivity (Wildman–Crippen MR) is 64.6 cm³/mol. The fourth-order valence-corrected chi connectivity index (χ4v) is 1.57. The molecule has 14 heavy (non-hydrogen) atoms. The van der Waals surface area contributed by atoms with Gasteiger partial charge in [0.2, 0.25) is 0 Å². The van der Waals surface area contributed by atoms with Gasteiger partial charge in [-0.05, 0) is 23.8 Å². The number of hydrogen-bond donors (Lipinski definition) is 0. The van der Waals surface area contributed by atoms with Gasteiger partial charge in [0.05, 0.1) is 5.52 Å². The SMILES string of the molecule is BrCC=Cc1ccc2ncccc2c1. The number of nitrogens with zero attached hydrogens (tertiary/aromatic N) is 1. The number of pyridine rings is 1. The standard InChI is InChI=1S/C12H10BrN/c13-7-1-3-10-5-6-12-11(9-10)4-2-8-14-12/h1-6,8-9H,7H2. The zero-order valence-electron chi connectivity index (χ0n) is 7.65. The molecule has 0 aliphatic heterocycles. The first kappa shape index (κ1) is 9.41. The highest BCUT2D eigenvalue weighted by Gasteiger charge is 1.93. The highest BCUT2D eigenvalue weighted by molar-refractivity contribution is 9.09. The summed E-state index contributed by atoms with van der Waals surface area (Å²) < 4.78 is 0. The van der Waals surface area contributed by atoms with Gasteiger partial charge < -0.3 is 0 Å². The van der Waals surface area contributed by atoms with Crippen molar-refractivity contribution >= 4 is 32.9 Å². The molecule has 0 atom stereocenters. The molecule has 0 fully saturated rings. The average molecular weight is 248 g/mol. The predicted octanol–water partition coefficient (Wildman–Crippen LogP) is 3.64. The van der Waals surface area contributed by atoms with Crippen LogP contribution in [0.2, 0.25) is 0 Å². The Bertz CT molecular complexity index is 463. The third-order valence-electron chi connectivity index (χ3n) is 2.03. The van der Waals surface area contributed by atoms with Crippen LogP contribution in [0.4, 0.5) is 0 Å². The smallest absolute Gasteiger partial charge is 0.0702 e. The second kappa shape index (κ2) is 4.38. The first-order valence-electron chi connectivity index (χ1n) is 4.47. The summed E-state index contributed by atoms with van der Waals surface area (Å²) in [5.41, 5.74) is 2.26. The van der Waals surface area contributed by atoms with Crippen molar-refractivity contribution in [1.82, 2.24) is 4.98 Å². The molecule has 1 aromatic carbocycles. The second-order valence-electron chi connectivity index (χ2n) is 3.01. The molecule has 0 saturated carbocycles. The Morgan fingerprint density at radius 1 is 1.29 bits per heavy atom. The molecule has 1 heterocycles. The van der Waals surface area contributed by atoms with E-state index < -0.39 is 0 Å². The van der Waals surface area contributed by atoms with E-state index in [9.17, 15) is 0 Å². The summed E-state index contributed by atoms with van der Waals surface area (Å²) in [7, 11) is 0. The van der Waals surface area contributed by atoms with Gasteiger partial charge >= 0.3 is 0 Å². The molecule has 0 unspecified atom stereocenters. The van der Waals surface area contributed by atoms with E-state index in [2.05, 4.69) is 51.3 Å². The Hall–Kier alpha value is -1.15. The van der Waals surface area contributed by atoms with Crippen molar-refractivity contribution in [1.29, 1.82) is 0 Å². The number of hydrogen-bond acceptors (Lipinski definition) is 1. The third-order valence-corrected chi connectivity index (χ3v) is 2.40. The molecular formula is C12H10BrN. The molecule has 1 aromatic heterocycles. The highest BCUT2D eigenvalue weighted by Crippen LogP contribution is 2.14. The van der Waals surface area contributed by atoms with Gasteiger partial charge in [0.15, 0.2) is 0 Å². The van der Waals surface area contributed by atoms with Gasteiger partial charge in [-0.15, -0.1) is 0 Å². The number of alkyl halides is 1. The summed E-state index contributed by atoms with van der Waals surface area (Å²) in [4.78, 5) is 4.27. The summed E-state index contributed by atoms with van der Waals surface area (Å²) >= 11 is 3.36. The number of halogens is 1. The van der Waals surface area contributed by atoms with Crippen LogP contribution in [0.1, 0.15) is 5.56 Å². The lowest BCUT2D eigenvalue weighted by Crippen LogP contribution is -1.78. The van der Waals surface area contributed by atoms with Gasteiger partial charge in [-0.25, -0.2) is 0 Å². The van der Waals surface area contributed by atoms with Gasteiger partial charge in [-0.2, -0.15) is 0 Å². The normalized spacial score (nSPS) is 11.2. The van der Waals surface area contributed by atoms with E-state index in [-0.39, 0.29) is 0 Å². The first-order chi connectivity index (χ1) is 6.90. The maximum absolute atomic E-state index is 4.27. The number of fused-ring (bicyclic) bond motifs is 1. The van der Waals surface area contributed by atoms with Gasteiger partial charge in [-0.1, -0.05) is 40.2 Å². The number of allylic oxidation sites excluding steroid dienone is 1. The van der Waals surface area contributed by atoms with Crippen molar-refractivity contribution in [3.8, 4) is 0 Å². The lowest BCUT2D eigenvalue weighted by Gasteiger charge is -1.97. The van der Waals surface area contributed by atoms with E-state index >= 15 is 0 Å². The van der Waals surface area contributed by atoms with Crippen LogP contribution in [-0.2, 0) is 0 Å². The van der Waals surface area contributed by atoms with Crippen molar-refractivity contribution in [2.75, 3.05) is 5.33 Å². The van der Waals surface area contributed by atoms with Crippen LogP contribution in [0.5, 0.6) is 0 Å². The van der Waals surface area contributed by atoms with Crippen LogP contribution in [0.25, 0.3) is 17.0 Å². The van der Waals surface area contributed by atoms with Crippen molar-refractivity contribution < 1.29 is 0 Å². The molecule has 0 saturated heterocycles. The summed E-state index contributed by atoms with van der Waals surface area (Å²) in [6.45, 7) is 0. The topological polar surface area (TPSA) is 12.9 Å². The quantitative estimate of drug-likeness (QED) is 0.739. The molecule has 0 bridgehead atoms. The first-order valence-corrected chi connectivity index (χ1v) is 5.59. The molecule has 0 radical (unpaired) electrons. The fraction of sp³-hybridized carbons (Fsp3) is 0.0833. The molecule has 0 N–H and O–H groups in total. The molecule has 0 amide bonds. The van der Waals surface area contributed by atoms with Crippen LogP contribution >= 0.6 is 15.9 Å². The molecule has 2 rings (SSSR count). The van der Waals surface area contributed by atoms with Gasteiger partial charge in [0, 0.05) is 16.9 Å². The Labute approximate surface area is 91.6 Å². The summed E-state index contributed by atoms with van der Waals surface area (Å²) in [5.74, 6) is 0. The van der Waals surface area contributed by atoms with E-state index in [1.54, 1.807) is 0 Å². The highest BCUT2D eigenvalue weighted by atomic mass is 79.9. The molecule has 0 aliphatic rings. The Morgan fingerprint density at radius 2 is 2.21 bits per heavy atom. The molecule has 0 aliphatic carbocycles. The summed E-state index contributed by atoms with van der Waals surface area (Å²) in [6, 6.07) is 10.3. The fourth-order valence-electron chi connectivity index (χ4n) is 1.38. The number of rotatable bonds is 2. The lowest BCUT2D eigenvalue weighted by atomic mass is 10.1. The van der Waals surface area contributed by atoms with Crippen molar-refractivity contribution in [3.63, 3.8) is 0 Å². The minimum Gasteiger partial charge on any atom is -0.256 e. The van der Waals surface area contributed by atoms with Crippen LogP contribution < -0.4 is 0 Å².